The van der Waals surface area contributed by atoms with E-state index in [-0.39, 0.29) is 19.0 Å². The van der Waals surface area contributed by atoms with Gasteiger partial charge in [0, 0.05) is 16.7 Å². The SMILES string of the molecule is CC(C)Cc1ccc(-c2nc(-c3ccc(CO)cc3)no2)cc1.CC(C)Cc1ccc(C(=O)O)cc1.N/C(=N\O)c1ccc(CO)cc1. The highest BCUT2D eigenvalue weighted by Crippen LogP contribution is 2.23. The van der Waals surface area contributed by atoms with Crippen LogP contribution in [0.25, 0.3) is 22.8 Å². The highest BCUT2D eigenvalue weighted by atomic mass is 16.5. The number of aliphatic hydroxyl groups excluding tert-OH is 2. The Morgan fingerprint density at radius 2 is 1.10 bits per heavy atom. The highest BCUT2D eigenvalue weighted by molar-refractivity contribution is 5.96. The molecule has 0 aliphatic carbocycles. The summed E-state index contributed by atoms with van der Waals surface area (Å²) in [5.41, 5.74) is 12.3. The summed E-state index contributed by atoms with van der Waals surface area (Å²) in [6.45, 7) is 8.73. The monoisotopic (exact) mass is 652 g/mol. The number of rotatable bonds is 10. The summed E-state index contributed by atoms with van der Waals surface area (Å²) in [7, 11) is 0. The van der Waals surface area contributed by atoms with E-state index in [0.717, 1.165) is 35.1 Å². The second-order valence-corrected chi connectivity index (χ2v) is 12.0. The third-order valence-electron chi connectivity index (χ3n) is 7.05. The van der Waals surface area contributed by atoms with Gasteiger partial charge < -0.3 is 30.8 Å². The van der Waals surface area contributed by atoms with Crippen LogP contribution >= 0.6 is 0 Å². The first kappa shape index (κ1) is 37.1. The van der Waals surface area contributed by atoms with Crippen molar-refractivity contribution in [2.24, 2.45) is 22.7 Å². The number of hydrogen-bond acceptors (Lipinski definition) is 8. The zero-order valence-corrected chi connectivity index (χ0v) is 27.7. The highest BCUT2D eigenvalue weighted by Gasteiger charge is 2.11. The van der Waals surface area contributed by atoms with Crippen LogP contribution in [-0.2, 0) is 26.1 Å². The van der Waals surface area contributed by atoms with Crippen molar-refractivity contribution in [1.29, 1.82) is 0 Å². The van der Waals surface area contributed by atoms with Crippen molar-refractivity contribution in [2.45, 2.75) is 53.8 Å². The molecule has 5 rings (SSSR count). The fourth-order valence-electron chi connectivity index (χ4n) is 4.57. The fraction of sp³-hybridized carbons (Fsp3) is 0.263. The first-order chi connectivity index (χ1) is 23.0. The number of nitrogens with two attached hydrogens (primary N) is 1. The standard InChI is InChI=1S/C19H20N2O2.C11H14O2.C8H10N2O2/c1-13(2)11-14-3-9-17(10-4-14)19-20-18(21-23-19)16-7-5-15(12-22)6-8-16;1-8(2)7-9-3-5-10(6-4-9)11(12)13;9-8(10-12)7-3-1-6(5-11)2-4-7/h3-10,13,22H,11-12H2,1-2H3;3-6,8H,7H2,1-2H3,(H,12,13);1-4,11-12H,5H2,(H2,9,10). The number of carboxylic acid groups (broad SMARTS) is 1. The molecule has 0 radical (unpaired) electrons. The number of aliphatic hydroxyl groups is 2. The molecule has 252 valence electrons. The second-order valence-electron chi connectivity index (χ2n) is 12.0. The van der Waals surface area contributed by atoms with Gasteiger partial charge in [-0.15, -0.1) is 0 Å². The summed E-state index contributed by atoms with van der Waals surface area (Å²) in [5.74, 6) is 1.52. The Morgan fingerprint density at radius 1 is 0.688 bits per heavy atom. The van der Waals surface area contributed by atoms with Crippen molar-refractivity contribution >= 4 is 11.8 Å². The molecule has 0 aliphatic heterocycles. The van der Waals surface area contributed by atoms with E-state index in [0.29, 0.717) is 34.7 Å². The van der Waals surface area contributed by atoms with Crippen LogP contribution < -0.4 is 5.73 Å². The number of oxime groups is 1. The molecule has 0 atom stereocenters. The van der Waals surface area contributed by atoms with Crippen molar-refractivity contribution in [3.8, 4) is 22.8 Å². The van der Waals surface area contributed by atoms with Crippen LogP contribution in [0.5, 0.6) is 0 Å². The lowest BCUT2D eigenvalue weighted by Crippen LogP contribution is -2.12. The number of aromatic carboxylic acids is 1. The molecule has 0 saturated carbocycles. The van der Waals surface area contributed by atoms with E-state index in [1.807, 2.05) is 48.5 Å². The zero-order valence-electron chi connectivity index (χ0n) is 27.7. The van der Waals surface area contributed by atoms with Crippen LogP contribution in [0.3, 0.4) is 0 Å². The molecule has 4 aromatic carbocycles. The quantitative estimate of drug-likeness (QED) is 0.0462. The van der Waals surface area contributed by atoms with Gasteiger partial charge in [-0.1, -0.05) is 111 Å². The average molecular weight is 653 g/mol. The summed E-state index contributed by atoms with van der Waals surface area (Å²) in [6.07, 6.45) is 2.06. The Bertz CT molecular complexity index is 1710. The lowest BCUT2D eigenvalue weighted by molar-refractivity contribution is 0.0697. The Labute approximate surface area is 281 Å². The summed E-state index contributed by atoms with van der Waals surface area (Å²) in [6, 6.07) is 29.6. The van der Waals surface area contributed by atoms with E-state index < -0.39 is 5.97 Å². The van der Waals surface area contributed by atoms with Crippen LogP contribution in [-0.4, -0.2) is 42.5 Å². The van der Waals surface area contributed by atoms with E-state index in [2.05, 4.69) is 55.1 Å². The Hall–Kier alpha value is -5.32. The largest absolute Gasteiger partial charge is 0.478 e. The van der Waals surface area contributed by atoms with Gasteiger partial charge in [-0.3, -0.25) is 0 Å². The van der Waals surface area contributed by atoms with Gasteiger partial charge in [0.2, 0.25) is 5.82 Å². The molecule has 48 heavy (non-hydrogen) atoms. The van der Waals surface area contributed by atoms with Gasteiger partial charge in [-0.2, -0.15) is 4.98 Å². The number of carbonyl (C=O) groups is 1. The molecular weight excluding hydrogens is 608 g/mol. The minimum atomic E-state index is -0.865. The molecule has 0 spiro atoms. The molecule has 1 heterocycles. The third kappa shape index (κ3) is 11.8. The van der Waals surface area contributed by atoms with E-state index in [9.17, 15) is 4.79 Å². The summed E-state index contributed by atoms with van der Waals surface area (Å²) < 4.78 is 5.37. The van der Waals surface area contributed by atoms with Gasteiger partial charge in [0.05, 0.1) is 18.8 Å². The van der Waals surface area contributed by atoms with Gasteiger partial charge in [0.25, 0.3) is 5.89 Å². The lowest BCUT2D eigenvalue weighted by atomic mass is 10.0. The summed E-state index contributed by atoms with van der Waals surface area (Å²) in [4.78, 5) is 15.0. The number of hydrogen-bond donors (Lipinski definition) is 5. The molecule has 0 amide bonds. The lowest BCUT2D eigenvalue weighted by Gasteiger charge is -2.04. The summed E-state index contributed by atoms with van der Waals surface area (Å²) >= 11 is 0. The molecule has 0 saturated heterocycles. The van der Waals surface area contributed by atoms with E-state index in [1.54, 1.807) is 36.4 Å². The van der Waals surface area contributed by atoms with Crippen LogP contribution in [0, 0.1) is 11.8 Å². The van der Waals surface area contributed by atoms with Gasteiger partial charge >= 0.3 is 5.97 Å². The van der Waals surface area contributed by atoms with Crippen LogP contribution in [0.15, 0.2) is 107 Å². The van der Waals surface area contributed by atoms with Crippen molar-refractivity contribution in [1.82, 2.24) is 10.1 Å². The summed E-state index contributed by atoms with van der Waals surface area (Å²) in [5, 5.41) is 41.7. The van der Waals surface area contributed by atoms with Gasteiger partial charge in [0.1, 0.15) is 0 Å². The van der Waals surface area contributed by atoms with Crippen LogP contribution in [0.1, 0.15) is 65.9 Å². The minimum absolute atomic E-state index is 0.00352. The smallest absolute Gasteiger partial charge is 0.335 e. The topological polar surface area (TPSA) is 175 Å². The number of aromatic nitrogens is 2. The maximum Gasteiger partial charge on any atom is 0.335 e. The fourth-order valence-corrected chi connectivity index (χ4v) is 4.57. The number of benzene rings is 4. The van der Waals surface area contributed by atoms with Gasteiger partial charge in [0.15, 0.2) is 5.84 Å². The number of carboxylic acids is 1. The first-order valence-electron chi connectivity index (χ1n) is 15.7. The van der Waals surface area contributed by atoms with Crippen LogP contribution in [0.2, 0.25) is 0 Å². The van der Waals surface area contributed by atoms with Gasteiger partial charge in [-0.05, 0) is 71.2 Å². The van der Waals surface area contributed by atoms with Crippen LogP contribution in [0.4, 0.5) is 0 Å². The average Bonchev–Trinajstić information content (AvgIpc) is 3.59. The molecular formula is C38H44N4O6. The maximum absolute atomic E-state index is 10.5. The van der Waals surface area contributed by atoms with E-state index >= 15 is 0 Å². The second kappa shape index (κ2) is 18.7. The molecule has 10 heteroatoms. The molecule has 0 unspecified atom stereocenters. The Balaban J connectivity index is 0.000000213. The molecule has 0 bridgehead atoms. The normalized spacial score (nSPS) is 11.0. The molecule has 1 aromatic heterocycles. The van der Waals surface area contributed by atoms with Crippen molar-refractivity contribution in [3.05, 3.63) is 130 Å². The predicted molar refractivity (Wildman–Crippen MR) is 186 cm³/mol. The Kier molecular flexibility index (Phi) is 14.5. The molecule has 0 fully saturated rings. The minimum Gasteiger partial charge on any atom is -0.478 e. The van der Waals surface area contributed by atoms with Crippen molar-refractivity contribution < 1.29 is 29.8 Å². The third-order valence-corrected chi connectivity index (χ3v) is 7.05. The maximum atomic E-state index is 10.5. The molecule has 0 aliphatic rings. The zero-order chi connectivity index (χ0) is 35.1. The van der Waals surface area contributed by atoms with Crippen molar-refractivity contribution in [3.63, 3.8) is 0 Å². The first-order valence-corrected chi connectivity index (χ1v) is 15.7. The predicted octanol–water partition coefficient (Wildman–Crippen LogP) is 6.95. The molecule has 10 nitrogen and oxygen atoms in total. The molecule has 5 aromatic rings. The molecule has 6 N–H and O–H groups in total. The number of nitrogens with zero attached hydrogens (tertiary/aromatic N) is 3. The van der Waals surface area contributed by atoms with E-state index in [1.165, 1.54) is 11.1 Å². The van der Waals surface area contributed by atoms with E-state index in [4.69, 9.17) is 30.8 Å². The van der Waals surface area contributed by atoms with Gasteiger partial charge in [-0.25, -0.2) is 4.79 Å². The van der Waals surface area contributed by atoms with Crippen molar-refractivity contribution in [2.75, 3.05) is 0 Å². The number of amidine groups is 1. The Morgan fingerprint density at radius 3 is 1.54 bits per heavy atom.